The molecule has 0 aliphatic carbocycles. The molecule has 0 bridgehead atoms. The van der Waals surface area contributed by atoms with Crippen LogP contribution in [0.3, 0.4) is 0 Å². The van der Waals surface area contributed by atoms with Crippen LogP contribution in [0.2, 0.25) is 5.02 Å². The Morgan fingerprint density at radius 3 is 2.69 bits per heavy atom. The molecule has 16 heavy (non-hydrogen) atoms. The fraction of sp³-hybridized carbons (Fsp3) is 0.538. The summed E-state index contributed by atoms with van der Waals surface area (Å²) in [7, 11) is 0. The van der Waals surface area contributed by atoms with Gasteiger partial charge in [0.2, 0.25) is 0 Å². The van der Waals surface area contributed by atoms with E-state index in [0.717, 1.165) is 37.7 Å². The molecule has 3 heteroatoms. The number of hydrogen-bond donors (Lipinski definition) is 0. The summed E-state index contributed by atoms with van der Waals surface area (Å²) in [5.74, 6) is -0.355. The molecule has 0 amide bonds. The van der Waals surface area contributed by atoms with Gasteiger partial charge in [0.05, 0.1) is 5.02 Å². The van der Waals surface area contributed by atoms with Crippen LogP contribution in [-0.2, 0) is 6.42 Å². The topological polar surface area (TPSA) is 0 Å². The third-order valence-corrected chi connectivity index (χ3v) is 3.29. The standard InChI is InChI=1S/C13H17Cl2F/c1-2-4-11(14)6-3-5-10-7-8-13(16)12(15)9-10/h7-9,11H,2-6H2,1H3. The predicted octanol–water partition coefficient (Wildman–Crippen LogP) is 5.21. The lowest BCUT2D eigenvalue weighted by molar-refractivity contribution is 0.623. The zero-order valence-corrected chi connectivity index (χ0v) is 11.0. The van der Waals surface area contributed by atoms with E-state index in [0.29, 0.717) is 0 Å². The molecular weight excluding hydrogens is 246 g/mol. The minimum atomic E-state index is -0.355. The smallest absolute Gasteiger partial charge is 0.141 e. The van der Waals surface area contributed by atoms with Crippen molar-refractivity contribution < 1.29 is 4.39 Å². The summed E-state index contributed by atoms with van der Waals surface area (Å²) in [6, 6.07) is 4.89. The van der Waals surface area contributed by atoms with Crippen LogP contribution in [-0.4, -0.2) is 5.38 Å². The largest absolute Gasteiger partial charge is 0.205 e. The Morgan fingerprint density at radius 2 is 2.06 bits per heavy atom. The summed E-state index contributed by atoms with van der Waals surface area (Å²) in [5.41, 5.74) is 1.08. The Labute approximate surface area is 107 Å². The number of rotatable bonds is 6. The lowest BCUT2D eigenvalue weighted by Gasteiger charge is -2.07. The normalized spacial score (nSPS) is 12.8. The highest BCUT2D eigenvalue weighted by Crippen LogP contribution is 2.19. The van der Waals surface area contributed by atoms with Crippen molar-refractivity contribution in [1.82, 2.24) is 0 Å². The first-order valence-corrected chi connectivity index (χ1v) is 6.53. The van der Waals surface area contributed by atoms with Gasteiger partial charge < -0.3 is 0 Å². The van der Waals surface area contributed by atoms with E-state index in [1.807, 2.05) is 0 Å². The van der Waals surface area contributed by atoms with Crippen LogP contribution in [0.25, 0.3) is 0 Å². The van der Waals surface area contributed by atoms with Gasteiger partial charge in [-0.3, -0.25) is 0 Å². The fourth-order valence-corrected chi connectivity index (χ4v) is 2.26. The number of alkyl halides is 1. The van der Waals surface area contributed by atoms with Gasteiger partial charge in [0.1, 0.15) is 5.82 Å². The monoisotopic (exact) mass is 262 g/mol. The quantitative estimate of drug-likeness (QED) is 0.618. The molecule has 1 atom stereocenters. The first-order chi connectivity index (χ1) is 7.63. The summed E-state index contributed by atoms with van der Waals surface area (Å²) >= 11 is 11.8. The highest BCUT2D eigenvalue weighted by atomic mass is 35.5. The molecule has 0 radical (unpaired) electrons. The molecule has 90 valence electrons. The molecule has 1 unspecified atom stereocenters. The van der Waals surface area contributed by atoms with Crippen LogP contribution < -0.4 is 0 Å². The Bertz CT molecular complexity index is 326. The Morgan fingerprint density at radius 1 is 1.31 bits per heavy atom. The maximum Gasteiger partial charge on any atom is 0.141 e. The maximum absolute atomic E-state index is 12.9. The second-order valence-electron chi connectivity index (χ2n) is 4.03. The Kier molecular flexibility index (Phi) is 6.15. The lowest BCUT2D eigenvalue weighted by atomic mass is 10.1. The average molecular weight is 263 g/mol. The molecule has 0 saturated carbocycles. The van der Waals surface area contributed by atoms with Gasteiger partial charge in [0.15, 0.2) is 0 Å². The van der Waals surface area contributed by atoms with E-state index in [4.69, 9.17) is 23.2 Å². The summed E-state index contributed by atoms with van der Waals surface area (Å²) < 4.78 is 12.9. The first kappa shape index (κ1) is 13.8. The van der Waals surface area contributed by atoms with Gasteiger partial charge in [0.25, 0.3) is 0 Å². The number of halogens is 3. The van der Waals surface area contributed by atoms with Gasteiger partial charge in [-0.05, 0) is 43.4 Å². The van der Waals surface area contributed by atoms with Gasteiger partial charge in [-0.25, -0.2) is 4.39 Å². The summed E-state index contributed by atoms with van der Waals surface area (Å²) in [5, 5.41) is 0.467. The summed E-state index contributed by atoms with van der Waals surface area (Å²) in [6.45, 7) is 2.13. The van der Waals surface area contributed by atoms with Crippen LogP contribution >= 0.6 is 23.2 Å². The van der Waals surface area contributed by atoms with E-state index in [9.17, 15) is 4.39 Å². The minimum Gasteiger partial charge on any atom is -0.205 e. The van der Waals surface area contributed by atoms with E-state index in [1.54, 1.807) is 12.1 Å². The molecule has 0 aliphatic rings. The fourth-order valence-electron chi connectivity index (χ4n) is 1.68. The molecule has 0 fully saturated rings. The number of hydrogen-bond acceptors (Lipinski definition) is 0. The summed E-state index contributed by atoms with van der Waals surface area (Å²) in [6.07, 6.45) is 5.12. The Balaban J connectivity index is 2.34. The van der Waals surface area contributed by atoms with E-state index in [-0.39, 0.29) is 16.2 Å². The maximum atomic E-state index is 12.9. The highest BCUT2D eigenvalue weighted by molar-refractivity contribution is 6.30. The molecule has 0 spiro atoms. The van der Waals surface area contributed by atoms with Crippen molar-refractivity contribution in [2.45, 2.75) is 44.4 Å². The van der Waals surface area contributed by atoms with Crippen molar-refractivity contribution in [3.8, 4) is 0 Å². The molecule has 0 heterocycles. The van der Waals surface area contributed by atoms with Gasteiger partial charge in [-0.2, -0.15) is 0 Å². The van der Waals surface area contributed by atoms with Crippen LogP contribution in [0.15, 0.2) is 18.2 Å². The minimum absolute atomic E-state index is 0.202. The van der Waals surface area contributed by atoms with Gasteiger partial charge in [-0.1, -0.05) is 31.0 Å². The first-order valence-electron chi connectivity index (χ1n) is 5.71. The SMILES string of the molecule is CCCC(Cl)CCCc1ccc(F)c(Cl)c1. The predicted molar refractivity (Wildman–Crippen MR) is 68.9 cm³/mol. The zero-order valence-electron chi connectivity index (χ0n) is 9.48. The number of benzene rings is 1. The van der Waals surface area contributed by atoms with Crippen molar-refractivity contribution >= 4 is 23.2 Å². The highest BCUT2D eigenvalue weighted by Gasteiger charge is 2.04. The van der Waals surface area contributed by atoms with Crippen LogP contribution in [0.1, 0.15) is 38.2 Å². The van der Waals surface area contributed by atoms with Crippen LogP contribution in [0, 0.1) is 5.82 Å². The van der Waals surface area contributed by atoms with E-state index in [1.165, 1.54) is 6.07 Å². The molecule has 0 aromatic heterocycles. The molecule has 0 nitrogen and oxygen atoms in total. The second-order valence-corrected chi connectivity index (χ2v) is 5.05. The van der Waals surface area contributed by atoms with Crippen molar-refractivity contribution in [1.29, 1.82) is 0 Å². The molecule has 0 aliphatic heterocycles. The zero-order chi connectivity index (χ0) is 12.0. The second kappa shape index (κ2) is 7.13. The molecule has 1 aromatic rings. The molecular formula is C13H17Cl2F. The lowest BCUT2D eigenvalue weighted by Crippen LogP contribution is -1.98. The molecule has 0 saturated heterocycles. The van der Waals surface area contributed by atoms with Crippen molar-refractivity contribution in [3.63, 3.8) is 0 Å². The van der Waals surface area contributed by atoms with Gasteiger partial charge in [0, 0.05) is 5.38 Å². The molecule has 1 rings (SSSR count). The van der Waals surface area contributed by atoms with Gasteiger partial charge >= 0.3 is 0 Å². The molecule has 1 aromatic carbocycles. The number of aryl methyl sites for hydroxylation is 1. The van der Waals surface area contributed by atoms with E-state index in [2.05, 4.69) is 6.92 Å². The Hall–Kier alpha value is -0.270. The van der Waals surface area contributed by atoms with E-state index >= 15 is 0 Å². The van der Waals surface area contributed by atoms with Crippen LogP contribution in [0.4, 0.5) is 4.39 Å². The van der Waals surface area contributed by atoms with E-state index < -0.39 is 0 Å². The third kappa shape index (κ3) is 4.71. The van der Waals surface area contributed by atoms with Crippen LogP contribution in [0.5, 0.6) is 0 Å². The summed E-state index contributed by atoms with van der Waals surface area (Å²) in [4.78, 5) is 0. The van der Waals surface area contributed by atoms with Crippen molar-refractivity contribution in [2.24, 2.45) is 0 Å². The molecule has 0 N–H and O–H groups in total. The van der Waals surface area contributed by atoms with Gasteiger partial charge in [-0.15, -0.1) is 11.6 Å². The third-order valence-electron chi connectivity index (χ3n) is 2.57. The van der Waals surface area contributed by atoms with Crippen molar-refractivity contribution in [2.75, 3.05) is 0 Å². The van der Waals surface area contributed by atoms with Crippen molar-refractivity contribution in [3.05, 3.63) is 34.6 Å². The average Bonchev–Trinajstić information content (AvgIpc) is 2.24.